The summed E-state index contributed by atoms with van der Waals surface area (Å²) in [6.07, 6.45) is 3.59. The van der Waals surface area contributed by atoms with E-state index in [2.05, 4.69) is 27.3 Å². The zero-order chi connectivity index (χ0) is 13.6. The lowest BCUT2D eigenvalue weighted by Crippen LogP contribution is -2.43. The smallest absolute Gasteiger partial charge is 0.143 e. The number of hydrogen-bond donors (Lipinski definition) is 1. The van der Waals surface area contributed by atoms with Crippen LogP contribution in [0.2, 0.25) is 0 Å². The monoisotopic (exact) mass is 341 g/mol. The highest BCUT2D eigenvalue weighted by Crippen LogP contribution is 2.28. The van der Waals surface area contributed by atoms with Gasteiger partial charge in [-0.15, -0.1) is 24.8 Å². The Morgan fingerprint density at radius 1 is 1.00 bits per heavy atom. The maximum absolute atomic E-state index is 5.99. The van der Waals surface area contributed by atoms with E-state index in [1.807, 2.05) is 24.3 Å². The number of pyridine rings is 1. The fourth-order valence-corrected chi connectivity index (χ4v) is 2.39. The largest absolute Gasteiger partial charge is 0.487 e. The highest BCUT2D eigenvalue weighted by atomic mass is 35.5. The van der Waals surface area contributed by atoms with Gasteiger partial charge in [-0.05, 0) is 29.8 Å². The van der Waals surface area contributed by atoms with Crippen molar-refractivity contribution in [2.24, 2.45) is 0 Å². The number of piperazine rings is 1. The molecule has 2 heterocycles. The van der Waals surface area contributed by atoms with Gasteiger partial charge in [0.05, 0.1) is 5.69 Å². The lowest BCUT2D eigenvalue weighted by Gasteiger charge is -2.30. The average molecular weight is 342 g/mol. The topological polar surface area (TPSA) is 37.4 Å². The second-order valence-electron chi connectivity index (χ2n) is 4.85. The van der Waals surface area contributed by atoms with E-state index in [1.165, 1.54) is 5.69 Å². The molecular weight excluding hydrogens is 321 g/mol. The van der Waals surface area contributed by atoms with Gasteiger partial charge in [-0.2, -0.15) is 0 Å². The normalized spacial score (nSPS) is 13.7. The van der Waals surface area contributed by atoms with Crippen molar-refractivity contribution in [2.75, 3.05) is 31.1 Å². The highest BCUT2D eigenvalue weighted by molar-refractivity contribution is 5.85. The van der Waals surface area contributed by atoms with Crippen molar-refractivity contribution in [3.8, 4) is 5.75 Å². The van der Waals surface area contributed by atoms with Crippen LogP contribution in [0.5, 0.6) is 5.75 Å². The quantitative estimate of drug-likeness (QED) is 0.927. The number of anilines is 1. The molecule has 1 aliphatic rings. The van der Waals surface area contributed by atoms with Gasteiger partial charge in [0.1, 0.15) is 12.4 Å². The molecule has 1 aliphatic heterocycles. The molecular formula is C16H21Cl2N3O. The van der Waals surface area contributed by atoms with Gasteiger partial charge in [0.25, 0.3) is 0 Å². The molecule has 0 radical (unpaired) electrons. The minimum absolute atomic E-state index is 0. The first kappa shape index (κ1) is 18.6. The zero-order valence-electron chi connectivity index (χ0n) is 12.3. The molecule has 22 heavy (non-hydrogen) atoms. The summed E-state index contributed by atoms with van der Waals surface area (Å²) in [4.78, 5) is 6.39. The van der Waals surface area contributed by atoms with Crippen LogP contribution in [0.15, 0.2) is 48.8 Å². The Morgan fingerprint density at radius 3 is 2.41 bits per heavy atom. The summed E-state index contributed by atoms with van der Waals surface area (Å²) in [5.74, 6) is 0.950. The lowest BCUT2D eigenvalue weighted by atomic mass is 10.2. The number of nitrogens with one attached hydrogen (secondary N) is 1. The van der Waals surface area contributed by atoms with Crippen molar-refractivity contribution in [2.45, 2.75) is 6.61 Å². The molecule has 6 heteroatoms. The second-order valence-corrected chi connectivity index (χ2v) is 4.85. The Bertz CT molecular complexity index is 548. The van der Waals surface area contributed by atoms with E-state index in [0.717, 1.165) is 37.5 Å². The van der Waals surface area contributed by atoms with Crippen molar-refractivity contribution in [1.29, 1.82) is 0 Å². The number of para-hydroxylation sites is 2. The molecule has 0 spiro atoms. The van der Waals surface area contributed by atoms with Crippen LogP contribution in [0.1, 0.15) is 5.56 Å². The maximum atomic E-state index is 5.99. The summed E-state index contributed by atoms with van der Waals surface area (Å²) in [6, 6.07) is 12.2. The number of ether oxygens (including phenoxy) is 1. The molecule has 0 unspecified atom stereocenters. The van der Waals surface area contributed by atoms with E-state index in [0.29, 0.717) is 6.61 Å². The van der Waals surface area contributed by atoms with Crippen molar-refractivity contribution in [3.63, 3.8) is 0 Å². The molecule has 1 aromatic carbocycles. The molecule has 0 amide bonds. The van der Waals surface area contributed by atoms with Gasteiger partial charge >= 0.3 is 0 Å². The van der Waals surface area contributed by atoms with E-state index in [-0.39, 0.29) is 24.8 Å². The minimum Gasteiger partial charge on any atom is -0.487 e. The summed E-state index contributed by atoms with van der Waals surface area (Å²) in [5, 5.41) is 3.37. The van der Waals surface area contributed by atoms with Crippen molar-refractivity contribution < 1.29 is 4.74 Å². The molecule has 1 aromatic heterocycles. The van der Waals surface area contributed by atoms with Gasteiger partial charge in [-0.25, -0.2) is 0 Å². The summed E-state index contributed by atoms with van der Waals surface area (Å²) in [6.45, 7) is 4.67. The van der Waals surface area contributed by atoms with Gasteiger partial charge in [0.15, 0.2) is 0 Å². The fraction of sp³-hybridized carbons (Fsp3) is 0.312. The van der Waals surface area contributed by atoms with E-state index >= 15 is 0 Å². The fourth-order valence-electron chi connectivity index (χ4n) is 2.39. The summed E-state index contributed by atoms with van der Waals surface area (Å²) in [7, 11) is 0. The van der Waals surface area contributed by atoms with E-state index in [9.17, 15) is 0 Å². The first-order chi connectivity index (χ1) is 9.93. The number of aromatic nitrogens is 1. The van der Waals surface area contributed by atoms with Gasteiger partial charge < -0.3 is 15.0 Å². The third-order valence-electron chi connectivity index (χ3n) is 3.47. The van der Waals surface area contributed by atoms with Crippen molar-refractivity contribution >= 4 is 30.5 Å². The Labute approximate surface area is 143 Å². The zero-order valence-corrected chi connectivity index (χ0v) is 13.9. The molecule has 0 aliphatic carbocycles. The number of nitrogens with zero attached hydrogens (tertiary/aromatic N) is 2. The molecule has 1 fully saturated rings. The molecule has 0 saturated carbocycles. The van der Waals surface area contributed by atoms with Gasteiger partial charge in [0, 0.05) is 38.6 Å². The van der Waals surface area contributed by atoms with E-state index < -0.39 is 0 Å². The number of halogens is 2. The third kappa shape index (κ3) is 4.77. The van der Waals surface area contributed by atoms with Crippen molar-refractivity contribution in [1.82, 2.24) is 10.3 Å². The Balaban J connectivity index is 0.00000121. The SMILES string of the molecule is Cl.Cl.c1ccc(N2CCNCC2)c(OCc2ccncc2)c1. The second kappa shape index (κ2) is 9.51. The van der Waals surface area contributed by atoms with Crippen LogP contribution < -0.4 is 15.0 Å². The van der Waals surface area contributed by atoms with Crippen LogP contribution in [0.25, 0.3) is 0 Å². The van der Waals surface area contributed by atoms with Crippen LogP contribution >= 0.6 is 24.8 Å². The molecule has 1 saturated heterocycles. The van der Waals surface area contributed by atoms with Crippen molar-refractivity contribution in [3.05, 3.63) is 54.4 Å². The van der Waals surface area contributed by atoms with Crippen LogP contribution in [0, 0.1) is 0 Å². The highest BCUT2D eigenvalue weighted by Gasteiger charge is 2.14. The first-order valence-electron chi connectivity index (χ1n) is 7.00. The van der Waals surface area contributed by atoms with Crippen LogP contribution in [-0.2, 0) is 6.61 Å². The summed E-state index contributed by atoms with van der Waals surface area (Å²) >= 11 is 0. The molecule has 0 atom stereocenters. The number of hydrogen-bond acceptors (Lipinski definition) is 4. The summed E-state index contributed by atoms with van der Waals surface area (Å²) < 4.78 is 5.99. The number of rotatable bonds is 4. The third-order valence-corrected chi connectivity index (χ3v) is 3.47. The average Bonchev–Trinajstić information content (AvgIpc) is 2.55. The van der Waals surface area contributed by atoms with E-state index in [1.54, 1.807) is 12.4 Å². The maximum Gasteiger partial charge on any atom is 0.143 e. The van der Waals surface area contributed by atoms with Crippen LogP contribution in [-0.4, -0.2) is 31.2 Å². The first-order valence-corrected chi connectivity index (χ1v) is 7.00. The lowest BCUT2D eigenvalue weighted by molar-refractivity contribution is 0.306. The summed E-state index contributed by atoms with van der Waals surface area (Å²) in [5.41, 5.74) is 2.32. The predicted octanol–water partition coefficient (Wildman–Crippen LogP) is 2.91. The molecule has 2 aromatic rings. The van der Waals surface area contributed by atoms with Gasteiger partial charge in [0.2, 0.25) is 0 Å². The molecule has 120 valence electrons. The molecule has 3 rings (SSSR count). The Morgan fingerprint density at radius 2 is 1.68 bits per heavy atom. The van der Waals surface area contributed by atoms with E-state index in [4.69, 9.17) is 4.74 Å². The van der Waals surface area contributed by atoms with Gasteiger partial charge in [-0.3, -0.25) is 4.98 Å². The predicted molar refractivity (Wildman–Crippen MR) is 94.6 cm³/mol. The number of benzene rings is 1. The Kier molecular flexibility index (Phi) is 8.02. The minimum atomic E-state index is 0. The molecule has 1 N–H and O–H groups in total. The van der Waals surface area contributed by atoms with Crippen LogP contribution in [0.3, 0.4) is 0 Å². The van der Waals surface area contributed by atoms with Crippen LogP contribution in [0.4, 0.5) is 5.69 Å². The Hall–Kier alpha value is -1.49. The standard InChI is InChI=1S/C16H19N3O.2ClH/c1-2-4-16(20-13-14-5-7-17-8-6-14)15(3-1)19-11-9-18-10-12-19;;/h1-8,18H,9-13H2;2*1H. The molecule has 0 bridgehead atoms. The molecule has 4 nitrogen and oxygen atoms in total. The van der Waals surface area contributed by atoms with Gasteiger partial charge in [-0.1, -0.05) is 12.1 Å².